The minimum Gasteiger partial charge on any atom is -0.399 e. The van der Waals surface area contributed by atoms with Gasteiger partial charge >= 0.3 is 0 Å². The zero-order valence-electron chi connectivity index (χ0n) is 9.82. The minimum atomic E-state index is -0.175. The molecule has 6 heteroatoms. The van der Waals surface area contributed by atoms with Gasteiger partial charge in [0.1, 0.15) is 0 Å². The Hall–Kier alpha value is -0.970. The predicted molar refractivity (Wildman–Crippen MR) is 74.4 cm³/mol. The fourth-order valence-corrected chi connectivity index (χ4v) is 2.11. The van der Waals surface area contributed by atoms with Crippen LogP contribution in [0.4, 0.5) is 5.69 Å². The first-order valence-corrected chi connectivity index (χ1v) is 5.98. The number of carbonyl (C=O) groups excluding carboxylic acids is 1. The number of rotatable bonds is 2. The molecule has 0 aliphatic carbocycles. The normalized spacial score (nSPS) is 18.8. The number of nitrogen functional groups attached to an aromatic ring is 1. The van der Waals surface area contributed by atoms with Crippen molar-refractivity contribution in [3.63, 3.8) is 0 Å². The van der Waals surface area contributed by atoms with Crippen LogP contribution in [0.15, 0.2) is 18.2 Å². The minimum absolute atomic E-state index is 0. The summed E-state index contributed by atoms with van der Waals surface area (Å²) in [5.74, 6) is -0.175. The average Bonchev–Trinajstić information content (AvgIpc) is 2.30. The van der Waals surface area contributed by atoms with Crippen LogP contribution in [0.25, 0.3) is 0 Å². The third-order valence-electron chi connectivity index (χ3n) is 2.73. The van der Waals surface area contributed by atoms with Crippen LogP contribution in [-0.4, -0.2) is 25.2 Å². The van der Waals surface area contributed by atoms with E-state index in [-0.39, 0.29) is 24.4 Å². The monoisotopic (exact) mass is 290 g/mol. The van der Waals surface area contributed by atoms with E-state index in [4.69, 9.17) is 22.1 Å². The summed E-state index contributed by atoms with van der Waals surface area (Å²) >= 11 is 5.97. The van der Waals surface area contributed by atoms with Gasteiger partial charge in [-0.25, -0.2) is 0 Å². The SMILES string of the molecule is Cl.Nc1ccc(C(=O)NC2CCCOC2)c(Cl)c1. The molecule has 1 saturated heterocycles. The molecule has 2 rings (SSSR count). The number of nitrogens with one attached hydrogen (secondary N) is 1. The molecule has 4 nitrogen and oxygen atoms in total. The summed E-state index contributed by atoms with van der Waals surface area (Å²) in [7, 11) is 0. The molecule has 100 valence electrons. The second-order valence-electron chi connectivity index (χ2n) is 4.13. The lowest BCUT2D eigenvalue weighted by atomic mass is 10.1. The van der Waals surface area contributed by atoms with Crippen molar-refractivity contribution in [1.29, 1.82) is 0 Å². The van der Waals surface area contributed by atoms with Crippen LogP contribution in [0.3, 0.4) is 0 Å². The number of nitrogens with two attached hydrogens (primary N) is 1. The molecule has 1 heterocycles. The molecule has 0 bridgehead atoms. The van der Waals surface area contributed by atoms with Crippen LogP contribution in [0.2, 0.25) is 5.02 Å². The highest BCUT2D eigenvalue weighted by atomic mass is 35.5. The van der Waals surface area contributed by atoms with Gasteiger partial charge in [-0.1, -0.05) is 11.6 Å². The first-order valence-electron chi connectivity index (χ1n) is 5.60. The van der Waals surface area contributed by atoms with Crippen molar-refractivity contribution in [3.05, 3.63) is 28.8 Å². The van der Waals surface area contributed by atoms with E-state index in [0.29, 0.717) is 22.9 Å². The highest BCUT2D eigenvalue weighted by Crippen LogP contribution is 2.19. The van der Waals surface area contributed by atoms with Gasteiger partial charge in [-0.15, -0.1) is 12.4 Å². The number of ether oxygens (including phenoxy) is 1. The Bertz CT molecular complexity index is 421. The molecule has 1 aliphatic rings. The lowest BCUT2D eigenvalue weighted by Crippen LogP contribution is -2.40. The van der Waals surface area contributed by atoms with Crippen molar-refractivity contribution in [2.24, 2.45) is 0 Å². The molecule has 0 saturated carbocycles. The van der Waals surface area contributed by atoms with Crippen molar-refractivity contribution in [2.75, 3.05) is 18.9 Å². The van der Waals surface area contributed by atoms with Crippen molar-refractivity contribution < 1.29 is 9.53 Å². The van der Waals surface area contributed by atoms with Gasteiger partial charge < -0.3 is 15.8 Å². The Balaban J connectivity index is 0.00000162. The lowest BCUT2D eigenvalue weighted by Gasteiger charge is -2.23. The van der Waals surface area contributed by atoms with Gasteiger partial charge in [0.05, 0.1) is 23.2 Å². The number of amides is 1. The van der Waals surface area contributed by atoms with Crippen molar-refractivity contribution in [2.45, 2.75) is 18.9 Å². The highest BCUT2D eigenvalue weighted by Gasteiger charge is 2.18. The molecule has 0 spiro atoms. The number of hydrogen-bond acceptors (Lipinski definition) is 3. The smallest absolute Gasteiger partial charge is 0.253 e. The summed E-state index contributed by atoms with van der Waals surface area (Å²) < 4.78 is 5.30. The van der Waals surface area contributed by atoms with Crippen LogP contribution in [0.5, 0.6) is 0 Å². The molecule has 1 atom stereocenters. The third-order valence-corrected chi connectivity index (χ3v) is 3.05. The Morgan fingerprint density at radius 3 is 2.89 bits per heavy atom. The first-order chi connectivity index (χ1) is 8.16. The Morgan fingerprint density at radius 2 is 2.28 bits per heavy atom. The summed E-state index contributed by atoms with van der Waals surface area (Å²) in [5, 5.41) is 3.28. The fraction of sp³-hybridized carbons (Fsp3) is 0.417. The van der Waals surface area contributed by atoms with E-state index < -0.39 is 0 Å². The maximum atomic E-state index is 12.0. The van der Waals surface area contributed by atoms with E-state index in [1.807, 2.05) is 0 Å². The molecule has 18 heavy (non-hydrogen) atoms. The molecule has 0 radical (unpaired) electrons. The average molecular weight is 291 g/mol. The molecule has 1 fully saturated rings. The third kappa shape index (κ3) is 3.77. The van der Waals surface area contributed by atoms with Crippen LogP contribution in [0, 0.1) is 0 Å². The standard InChI is InChI=1S/C12H15ClN2O2.ClH/c13-11-6-8(14)3-4-10(11)12(16)15-9-2-1-5-17-7-9;/h3-4,6,9H,1-2,5,7,14H2,(H,15,16);1H. The molecular weight excluding hydrogens is 275 g/mol. The van der Waals surface area contributed by atoms with Gasteiger partial charge in [0.25, 0.3) is 5.91 Å². The Morgan fingerprint density at radius 1 is 1.50 bits per heavy atom. The van der Waals surface area contributed by atoms with Crippen LogP contribution in [0.1, 0.15) is 23.2 Å². The molecule has 1 aliphatic heterocycles. The fourth-order valence-electron chi connectivity index (χ4n) is 1.83. The van der Waals surface area contributed by atoms with Crippen LogP contribution < -0.4 is 11.1 Å². The number of benzene rings is 1. The summed E-state index contributed by atoms with van der Waals surface area (Å²) in [6.07, 6.45) is 1.92. The van der Waals surface area contributed by atoms with Crippen molar-refractivity contribution in [3.8, 4) is 0 Å². The predicted octanol–water partition coefficient (Wildman–Crippen LogP) is 2.25. The van der Waals surface area contributed by atoms with Crippen molar-refractivity contribution in [1.82, 2.24) is 5.32 Å². The van der Waals surface area contributed by atoms with Crippen LogP contribution in [-0.2, 0) is 4.74 Å². The highest BCUT2D eigenvalue weighted by molar-refractivity contribution is 6.34. The van der Waals surface area contributed by atoms with E-state index in [2.05, 4.69) is 5.32 Å². The summed E-state index contributed by atoms with van der Waals surface area (Å²) in [5.41, 5.74) is 6.57. The van der Waals surface area contributed by atoms with Crippen LogP contribution >= 0.6 is 24.0 Å². The summed E-state index contributed by atoms with van der Waals surface area (Å²) in [4.78, 5) is 12.0. The zero-order chi connectivity index (χ0) is 12.3. The lowest BCUT2D eigenvalue weighted by molar-refractivity contribution is 0.0624. The second-order valence-corrected chi connectivity index (χ2v) is 4.53. The first kappa shape index (κ1) is 15.1. The van der Waals surface area contributed by atoms with E-state index in [9.17, 15) is 4.79 Å². The van der Waals surface area contributed by atoms with E-state index in [0.717, 1.165) is 19.4 Å². The molecule has 1 aromatic rings. The second kappa shape index (κ2) is 6.83. The molecule has 1 aromatic carbocycles. The molecule has 3 N–H and O–H groups in total. The topological polar surface area (TPSA) is 64.4 Å². The van der Waals surface area contributed by atoms with Gasteiger partial charge in [-0.2, -0.15) is 0 Å². The quantitative estimate of drug-likeness (QED) is 0.821. The molecule has 1 amide bonds. The number of carbonyl (C=O) groups is 1. The summed E-state index contributed by atoms with van der Waals surface area (Å²) in [6, 6.07) is 4.95. The van der Waals surface area contributed by atoms with Crippen molar-refractivity contribution >= 4 is 35.6 Å². The maximum Gasteiger partial charge on any atom is 0.253 e. The number of hydrogen-bond donors (Lipinski definition) is 2. The van der Waals surface area contributed by atoms with E-state index >= 15 is 0 Å². The molecular formula is C12H16Cl2N2O2. The maximum absolute atomic E-state index is 12.0. The van der Waals surface area contributed by atoms with E-state index in [1.165, 1.54) is 0 Å². The Kier molecular flexibility index (Phi) is 5.72. The molecule has 1 unspecified atom stereocenters. The largest absolute Gasteiger partial charge is 0.399 e. The molecule has 0 aromatic heterocycles. The number of halogens is 2. The van der Waals surface area contributed by atoms with E-state index in [1.54, 1.807) is 18.2 Å². The van der Waals surface area contributed by atoms with Gasteiger partial charge in [-0.3, -0.25) is 4.79 Å². The van der Waals surface area contributed by atoms with Gasteiger partial charge in [0.15, 0.2) is 0 Å². The van der Waals surface area contributed by atoms with Gasteiger partial charge in [-0.05, 0) is 31.0 Å². The van der Waals surface area contributed by atoms with Gasteiger partial charge in [0, 0.05) is 12.3 Å². The van der Waals surface area contributed by atoms with Gasteiger partial charge in [0.2, 0.25) is 0 Å². The Labute approximate surface area is 117 Å². The zero-order valence-corrected chi connectivity index (χ0v) is 11.4. The summed E-state index contributed by atoms with van der Waals surface area (Å²) in [6.45, 7) is 1.34. The number of anilines is 1.